The van der Waals surface area contributed by atoms with Crippen LogP contribution in [0.3, 0.4) is 0 Å². The molecule has 114 valence electrons. The largest absolute Gasteiger partial charge is 0.370 e. The Morgan fingerprint density at radius 1 is 1.14 bits per heavy atom. The number of benzene rings is 1. The van der Waals surface area contributed by atoms with Crippen molar-refractivity contribution in [2.24, 2.45) is 0 Å². The Kier molecular flexibility index (Phi) is 5.65. The van der Waals surface area contributed by atoms with E-state index in [1.54, 1.807) is 0 Å². The van der Waals surface area contributed by atoms with Crippen LogP contribution in [0, 0.1) is 5.82 Å². The van der Waals surface area contributed by atoms with Crippen LogP contribution in [0.5, 0.6) is 0 Å². The third kappa shape index (κ3) is 5.49. The number of rotatable bonds is 5. The van der Waals surface area contributed by atoms with Crippen molar-refractivity contribution in [1.82, 2.24) is 5.32 Å². The van der Waals surface area contributed by atoms with E-state index in [0.717, 1.165) is 18.0 Å². The summed E-state index contributed by atoms with van der Waals surface area (Å²) < 4.78 is 17.9. The van der Waals surface area contributed by atoms with Crippen LogP contribution < -0.4 is 15.5 Å². The topological polar surface area (TPSA) is 71.9 Å². The zero-order valence-electron chi connectivity index (χ0n) is 11.7. The Hall–Kier alpha value is -1.99. The van der Waals surface area contributed by atoms with Crippen molar-refractivity contribution >= 4 is 17.5 Å². The van der Waals surface area contributed by atoms with Gasteiger partial charge < -0.3 is 20.3 Å². The van der Waals surface area contributed by atoms with Gasteiger partial charge in [-0.05, 0) is 24.3 Å². The predicted molar refractivity (Wildman–Crippen MR) is 74.4 cm³/mol. The normalized spacial score (nSPS) is 15.5. The number of ether oxygens (including phenoxy) is 1. The molecule has 0 aliphatic carbocycles. The van der Waals surface area contributed by atoms with E-state index in [0.29, 0.717) is 25.4 Å². The number of anilines is 1. The third-order valence-electron chi connectivity index (χ3n) is 3.18. The molecule has 1 aromatic carbocycles. The first kappa shape index (κ1) is 15.4. The molecular weight excluding hydrogens is 277 g/mol. The summed E-state index contributed by atoms with van der Waals surface area (Å²) in [6.07, 6.45) is 0. The van der Waals surface area contributed by atoms with Crippen LogP contribution in [-0.2, 0) is 14.3 Å². The number of nitrogens with one attached hydrogen (secondary N) is 3. The van der Waals surface area contributed by atoms with E-state index in [4.69, 9.17) is 4.74 Å². The summed E-state index contributed by atoms with van der Waals surface area (Å²) in [5.41, 5.74) is 0.495. The molecule has 1 saturated heterocycles. The molecular formula is C14H19FN3O3+. The van der Waals surface area contributed by atoms with Gasteiger partial charge in [-0.15, -0.1) is 0 Å². The highest BCUT2D eigenvalue weighted by molar-refractivity contribution is 5.94. The number of halogens is 1. The van der Waals surface area contributed by atoms with Gasteiger partial charge in [0.05, 0.1) is 19.8 Å². The summed E-state index contributed by atoms with van der Waals surface area (Å²) in [7, 11) is 0. The van der Waals surface area contributed by atoms with Crippen molar-refractivity contribution in [3.63, 3.8) is 0 Å². The molecule has 1 aliphatic rings. The lowest BCUT2D eigenvalue weighted by atomic mass is 10.3. The van der Waals surface area contributed by atoms with Crippen LogP contribution in [0.4, 0.5) is 10.1 Å². The smallest absolute Gasteiger partial charge is 0.275 e. The van der Waals surface area contributed by atoms with Crippen molar-refractivity contribution in [2.75, 3.05) is 44.7 Å². The fourth-order valence-corrected chi connectivity index (χ4v) is 2.04. The van der Waals surface area contributed by atoms with Gasteiger partial charge in [-0.1, -0.05) is 0 Å². The molecule has 7 heteroatoms. The predicted octanol–water partition coefficient (Wildman–Crippen LogP) is -1.20. The first-order chi connectivity index (χ1) is 10.1. The maximum atomic E-state index is 12.7. The lowest BCUT2D eigenvalue weighted by Crippen LogP contribution is -3.15. The van der Waals surface area contributed by atoms with E-state index in [1.807, 2.05) is 0 Å². The Morgan fingerprint density at radius 3 is 2.48 bits per heavy atom. The molecule has 1 aliphatic heterocycles. The molecule has 21 heavy (non-hydrogen) atoms. The van der Waals surface area contributed by atoms with Crippen molar-refractivity contribution in [1.29, 1.82) is 0 Å². The van der Waals surface area contributed by atoms with Crippen molar-refractivity contribution in [2.45, 2.75) is 0 Å². The van der Waals surface area contributed by atoms with Crippen LogP contribution in [0.1, 0.15) is 0 Å². The Morgan fingerprint density at radius 2 is 1.81 bits per heavy atom. The average Bonchev–Trinajstić information content (AvgIpc) is 2.49. The molecule has 1 aromatic rings. The second-order valence-electron chi connectivity index (χ2n) is 4.87. The van der Waals surface area contributed by atoms with Gasteiger partial charge in [-0.25, -0.2) is 4.39 Å². The summed E-state index contributed by atoms with van der Waals surface area (Å²) in [4.78, 5) is 24.5. The summed E-state index contributed by atoms with van der Waals surface area (Å²) in [6.45, 7) is 3.17. The first-order valence-corrected chi connectivity index (χ1v) is 6.87. The molecule has 2 amide bonds. The summed E-state index contributed by atoms with van der Waals surface area (Å²) in [5, 5.41) is 5.16. The van der Waals surface area contributed by atoms with E-state index in [2.05, 4.69) is 10.6 Å². The lowest BCUT2D eigenvalue weighted by Gasteiger charge is -2.22. The highest BCUT2D eigenvalue weighted by Gasteiger charge is 2.17. The number of hydrogen-bond acceptors (Lipinski definition) is 3. The minimum Gasteiger partial charge on any atom is -0.370 e. The van der Waals surface area contributed by atoms with E-state index >= 15 is 0 Å². The molecule has 0 aromatic heterocycles. The zero-order chi connectivity index (χ0) is 15.1. The van der Waals surface area contributed by atoms with Crippen LogP contribution in [-0.4, -0.2) is 51.2 Å². The monoisotopic (exact) mass is 296 g/mol. The number of amides is 2. The van der Waals surface area contributed by atoms with Gasteiger partial charge in [-0.3, -0.25) is 9.59 Å². The zero-order valence-corrected chi connectivity index (χ0v) is 11.7. The minimum absolute atomic E-state index is 0.0972. The SMILES string of the molecule is O=C(C[NH+]1CCOCC1)NCC(=O)Nc1ccc(F)cc1. The lowest BCUT2D eigenvalue weighted by molar-refractivity contribution is -0.900. The van der Waals surface area contributed by atoms with Gasteiger partial charge in [0.15, 0.2) is 6.54 Å². The van der Waals surface area contributed by atoms with E-state index in [9.17, 15) is 14.0 Å². The van der Waals surface area contributed by atoms with Gasteiger partial charge in [0.2, 0.25) is 5.91 Å². The van der Waals surface area contributed by atoms with Crippen molar-refractivity contribution in [3.05, 3.63) is 30.1 Å². The molecule has 0 unspecified atom stereocenters. The average molecular weight is 296 g/mol. The van der Waals surface area contributed by atoms with Crippen LogP contribution in [0.25, 0.3) is 0 Å². The standard InChI is InChI=1S/C14H18FN3O3/c15-11-1-3-12(4-2-11)17-13(19)9-16-14(20)10-18-5-7-21-8-6-18/h1-4H,5-10H2,(H,16,20)(H,17,19)/p+1. The molecule has 2 rings (SSSR count). The van der Waals surface area contributed by atoms with Gasteiger partial charge in [0, 0.05) is 5.69 Å². The summed E-state index contributed by atoms with van der Waals surface area (Å²) >= 11 is 0. The maximum Gasteiger partial charge on any atom is 0.275 e. The second kappa shape index (κ2) is 7.70. The highest BCUT2D eigenvalue weighted by atomic mass is 19.1. The van der Waals surface area contributed by atoms with Crippen molar-refractivity contribution in [3.8, 4) is 0 Å². The Balaban J connectivity index is 1.68. The quantitative estimate of drug-likeness (QED) is 0.639. The van der Waals surface area contributed by atoms with Crippen LogP contribution >= 0.6 is 0 Å². The van der Waals surface area contributed by atoms with E-state index in [-0.39, 0.29) is 24.2 Å². The number of carbonyl (C=O) groups is 2. The summed E-state index contributed by atoms with van der Waals surface area (Å²) in [6, 6.07) is 5.45. The number of carbonyl (C=O) groups excluding carboxylic acids is 2. The minimum atomic E-state index is -0.366. The van der Waals surface area contributed by atoms with Crippen LogP contribution in [0.15, 0.2) is 24.3 Å². The van der Waals surface area contributed by atoms with Crippen LogP contribution in [0.2, 0.25) is 0 Å². The molecule has 0 spiro atoms. The number of hydrogen-bond donors (Lipinski definition) is 3. The molecule has 6 nitrogen and oxygen atoms in total. The second-order valence-corrected chi connectivity index (χ2v) is 4.87. The molecule has 0 saturated carbocycles. The van der Waals surface area contributed by atoms with E-state index < -0.39 is 0 Å². The molecule has 0 radical (unpaired) electrons. The van der Waals surface area contributed by atoms with Gasteiger partial charge in [0.1, 0.15) is 18.9 Å². The first-order valence-electron chi connectivity index (χ1n) is 6.87. The molecule has 0 bridgehead atoms. The third-order valence-corrected chi connectivity index (χ3v) is 3.18. The highest BCUT2D eigenvalue weighted by Crippen LogP contribution is 2.07. The molecule has 0 atom stereocenters. The number of morpholine rings is 1. The van der Waals surface area contributed by atoms with Gasteiger partial charge in [0.25, 0.3) is 5.91 Å². The van der Waals surface area contributed by atoms with E-state index in [1.165, 1.54) is 24.3 Å². The fraction of sp³-hybridized carbons (Fsp3) is 0.429. The van der Waals surface area contributed by atoms with Crippen molar-refractivity contribution < 1.29 is 23.6 Å². The Bertz CT molecular complexity index is 487. The summed E-state index contributed by atoms with van der Waals surface area (Å²) in [5.74, 6) is -0.872. The molecule has 1 fully saturated rings. The maximum absolute atomic E-state index is 12.7. The molecule has 3 N–H and O–H groups in total. The molecule has 1 heterocycles. The fourth-order valence-electron chi connectivity index (χ4n) is 2.04. The number of quaternary nitrogens is 1. The van der Waals surface area contributed by atoms with Gasteiger partial charge >= 0.3 is 0 Å². The Labute approximate surface area is 122 Å². The van der Waals surface area contributed by atoms with Gasteiger partial charge in [-0.2, -0.15) is 0 Å².